The first-order chi connectivity index (χ1) is 7.29. The van der Waals surface area contributed by atoms with Crippen molar-refractivity contribution in [2.75, 3.05) is 25.2 Å². The maximum absolute atomic E-state index is 13.4. The quantitative estimate of drug-likeness (QED) is 0.758. The summed E-state index contributed by atoms with van der Waals surface area (Å²) < 4.78 is 18.8. The number of benzene rings is 1. The van der Waals surface area contributed by atoms with E-state index in [1.807, 2.05) is 12.3 Å². The van der Waals surface area contributed by atoms with Crippen LogP contribution in [0.5, 0.6) is 5.75 Å². The number of halogens is 1. The lowest BCUT2D eigenvalue weighted by Gasteiger charge is -2.11. The van der Waals surface area contributed by atoms with Gasteiger partial charge in [-0.25, -0.2) is 4.39 Å². The third-order valence-corrected chi connectivity index (χ3v) is 2.57. The summed E-state index contributed by atoms with van der Waals surface area (Å²) in [6.45, 7) is 1.03. The molecule has 0 aliphatic heterocycles. The minimum atomic E-state index is -0.304. The number of ether oxygens (including phenoxy) is 1. The van der Waals surface area contributed by atoms with Crippen molar-refractivity contribution >= 4 is 11.8 Å². The topological polar surface area (TPSA) is 35.2 Å². The molecule has 4 heteroatoms. The molecular weight excluding hydrogens is 213 g/mol. The van der Waals surface area contributed by atoms with Gasteiger partial charge in [0.15, 0.2) is 11.6 Å². The Balaban J connectivity index is 2.72. The summed E-state index contributed by atoms with van der Waals surface area (Å²) >= 11 is 1.67. The van der Waals surface area contributed by atoms with Crippen LogP contribution in [-0.2, 0) is 6.42 Å². The summed E-state index contributed by atoms with van der Waals surface area (Å²) in [5.41, 5.74) is 6.30. The van der Waals surface area contributed by atoms with Gasteiger partial charge in [0.1, 0.15) is 0 Å². The lowest BCUT2D eigenvalue weighted by molar-refractivity contribution is 0.321. The van der Waals surface area contributed by atoms with Crippen LogP contribution in [-0.4, -0.2) is 25.2 Å². The maximum atomic E-state index is 13.4. The summed E-state index contributed by atoms with van der Waals surface area (Å²) in [5, 5.41) is 0. The Kier molecular flexibility index (Phi) is 5.50. The van der Waals surface area contributed by atoms with Crippen LogP contribution in [0.15, 0.2) is 18.2 Å². The first kappa shape index (κ1) is 12.3. The van der Waals surface area contributed by atoms with Gasteiger partial charge in [-0.15, -0.1) is 0 Å². The molecule has 15 heavy (non-hydrogen) atoms. The van der Waals surface area contributed by atoms with Gasteiger partial charge in [-0.1, -0.05) is 12.1 Å². The number of rotatable bonds is 6. The molecule has 0 aliphatic carbocycles. The van der Waals surface area contributed by atoms with Crippen LogP contribution in [0.25, 0.3) is 0 Å². The molecule has 0 atom stereocenters. The first-order valence-corrected chi connectivity index (χ1v) is 6.28. The second kappa shape index (κ2) is 6.69. The van der Waals surface area contributed by atoms with Crippen molar-refractivity contribution in [3.8, 4) is 5.75 Å². The highest BCUT2D eigenvalue weighted by Crippen LogP contribution is 2.23. The summed E-state index contributed by atoms with van der Waals surface area (Å²) in [4.78, 5) is 0. The van der Waals surface area contributed by atoms with Gasteiger partial charge in [-0.2, -0.15) is 11.8 Å². The Morgan fingerprint density at radius 2 is 2.27 bits per heavy atom. The molecular formula is C11H16FNOS. The number of thioether (sulfide) groups is 1. The van der Waals surface area contributed by atoms with E-state index in [9.17, 15) is 4.39 Å². The Hall–Kier alpha value is -0.740. The molecule has 0 unspecified atom stereocenters. The largest absolute Gasteiger partial charge is 0.489 e. The molecule has 0 saturated heterocycles. The number of hydrogen-bond acceptors (Lipinski definition) is 3. The standard InChI is InChI=1S/C11H16FNOS/c1-15-8-7-14-11-9(5-6-13)3-2-4-10(11)12/h2-4H,5-8,13H2,1H3. The molecule has 84 valence electrons. The van der Waals surface area contributed by atoms with E-state index >= 15 is 0 Å². The van der Waals surface area contributed by atoms with E-state index in [1.165, 1.54) is 6.07 Å². The predicted octanol–water partition coefficient (Wildman–Crippen LogP) is 2.07. The van der Waals surface area contributed by atoms with Crippen LogP contribution >= 0.6 is 11.8 Å². The van der Waals surface area contributed by atoms with Crippen LogP contribution < -0.4 is 10.5 Å². The van der Waals surface area contributed by atoms with E-state index in [-0.39, 0.29) is 5.82 Å². The van der Waals surface area contributed by atoms with E-state index in [2.05, 4.69) is 0 Å². The fourth-order valence-electron chi connectivity index (χ4n) is 1.29. The highest BCUT2D eigenvalue weighted by Gasteiger charge is 2.08. The second-order valence-electron chi connectivity index (χ2n) is 3.11. The van der Waals surface area contributed by atoms with Gasteiger partial charge in [0, 0.05) is 5.75 Å². The second-order valence-corrected chi connectivity index (χ2v) is 4.09. The molecule has 0 aromatic heterocycles. The highest BCUT2D eigenvalue weighted by molar-refractivity contribution is 7.98. The molecule has 2 N–H and O–H groups in total. The molecule has 0 saturated carbocycles. The third-order valence-electron chi connectivity index (χ3n) is 2.00. The molecule has 1 aromatic rings. The van der Waals surface area contributed by atoms with Gasteiger partial charge in [0.25, 0.3) is 0 Å². The maximum Gasteiger partial charge on any atom is 0.165 e. The van der Waals surface area contributed by atoms with E-state index in [0.29, 0.717) is 25.3 Å². The van der Waals surface area contributed by atoms with Gasteiger partial charge in [-0.05, 0) is 30.9 Å². The molecule has 2 nitrogen and oxygen atoms in total. The average molecular weight is 229 g/mol. The first-order valence-electron chi connectivity index (χ1n) is 4.88. The fraction of sp³-hybridized carbons (Fsp3) is 0.455. The van der Waals surface area contributed by atoms with Gasteiger partial charge < -0.3 is 10.5 Å². The van der Waals surface area contributed by atoms with Gasteiger partial charge in [0.2, 0.25) is 0 Å². The van der Waals surface area contributed by atoms with Crippen LogP contribution in [0.4, 0.5) is 4.39 Å². The summed E-state index contributed by atoms with van der Waals surface area (Å²) in [6.07, 6.45) is 2.64. The van der Waals surface area contributed by atoms with Crippen LogP contribution in [0, 0.1) is 5.82 Å². The van der Waals surface area contributed by atoms with Gasteiger partial charge in [0.05, 0.1) is 6.61 Å². The van der Waals surface area contributed by atoms with Crippen molar-refractivity contribution < 1.29 is 9.13 Å². The van der Waals surface area contributed by atoms with Crippen molar-refractivity contribution in [1.82, 2.24) is 0 Å². The predicted molar refractivity (Wildman–Crippen MR) is 63.0 cm³/mol. The van der Waals surface area contributed by atoms with E-state index in [0.717, 1.165) is 11.3 Å². The molecule has 1 aromatic carbocycles. The molecule has 0 fully saturated rings. The number of nitrogens with two attached hydrogens (primary N) is 1. The Morgan fingerprint density at radius 3 is 2.93 bits per heavy atom. The monoisotopic (exact) mass is 229 g/mol. The summed E-state index contributed by atoms with van der Waals surface area (Å²) in [6, 6.07) is 4.94. The van der Waals surface area contributed by atoms with E-state index in [1.54, 1.807) is 17.8 Å². The molecule has 0 heterocycles. The minimum Gasteiger partial charge on any atom is -0.489 e. The van der Waals surface area contributed by atoms with Crippen LogP contribution in [0.2, 0.25) is 0 Å². The number of hydrogen-bond donors (Lipinski definition) is 1. The van der Waals surface area contributed by atoms with E-state index < -0.39 is 0 Å². The zero-order chi connectivity index (χ0) is 11.1. The van der Waals surface area contributed by atoms with Crippen LogP contribution in [0.1, 0.15) is 5.56 Å². The van der Waals surface area contributed by atoms with Crippen molar-refractivity contribution in [3.05, 3.63) is 29.6 Å². The molecule has 0 radical (unpaired) electrons. The molecule has 0 bridgehead atoms. The molecule has 0 spiro atoms. The zero-order valence-corrected chi connectivity index (χ0v) is 9.65. The molecule has 1 rings (SSSR count). The van der Waals surface area contributed by atoms with Crippen molar-refractivity contribution in [2.24, 2.45) is 5.73 Å². The van der Waals surface area contributed by atoms with Gasteiger partial charge in [-0.3, -0.25) is 0 Å². The highest BCUT2D eigenvalue weighted by atomic mass is 32.2. The Bertz CT molecular complexity index is 307. The van der Waals surface area contributed by atoms with Crippen molar-refractivity contribution in [3.63, 3.8) is 0 Å². The molecule has 0 aliphatic rings. The average Bonchev–Trinajstić information content (AvgIpc) is 2.23. The Morgan fingerprint density at radius 1 is 1.47 bits per heavy atom. The minimum absolute atomic E-state index is 0.304. The summed E-state index contributed by atoms with van der Waals surface area (Å²) in [5.74, 6) is 0.912. The smallest absolute Gasteiger partial charge is 0.165 e. The van der Waals surface area contributed by atoms with Crippen LogP contribution in [0.3, 0.4) is 0 Å². The fourth-order valence-corrected chi connectivity index (χ4v) is 1.54. The Labute approximate surface area is 94.0 Å². The summed E-state index contributed by atoms with van der Waals surface area (Å²) in [7, 11) is 0. The van der Waals surface area contributed by atoms with Crippen molar-refractivity contribution in [2.45, 2.75) is 6.42 Å². The molecule has 0 amide bonds. The van der Waals surface area contributed by atoms with Crippen molar-refractivity contribution in [1.29, 1.82) is 0 Å². The normalized spacial score (nSPS) is 10.3. The lowest BCUT2D eigenvalue weighted by Crippen LogP contribution is -2.08. The third kappa shape index (κ3) is 3.72. The number of para-hydroxylation sites is 1. The van der Waals surface area contributed by atoms with Gasteiger partial charge >= 0.3 is 0 Å². The lowest BCUT2D eigenvalue weighted by atomic mass is 10.1. The SMILES string of the molecule is CSCCOc1c(F)cccc1CCN. The van der Waals surface area contributed by atoms with E-state index in [4.69, 9.17) is 10.5 Å². The zero-order valence-electron chi connectivity index (χ0n) is 8.83.